The molecule has 2 bridgehead atoms. The van der Waals surface area contributed by atoms with E-state index in [9.17, 15) is 4.79 Å². The highest BCUT2D eigenvalue weighted by Gasteiger charge is 2.54. The number of nitrogens with zero attached hydrogens (tertiary/aromatic N) is 3. The van der Waals surface area contributed by atoms with Crippen LogP contribution in [0.2, 0.25) is 0 Å². The highest BCUT2D eigenvalue weighted by Crippen LogP contribution is 2.47. The lowest BCUT2D eigenvalue weighted by atomic mass is 9.75. The number of nitrogens with one attached hydrogen (secondary N) is 1. The Morgan fingerprint density at radius 1 is 1.07 bits per heavy atom. The van der Waals surface area contributed by atoms with Gasteiger partial charge in [-0.2, -0.15) is 0 Å². The molecule has 0 unspecified atom stereocenters. The average Bonchev–Trinajstić information content (AvgIpc) is 3.40. The SMILES string of the molecule is Cc1ccc([C@H]2CN(C(=O)c3ccc4nc[nH]c4c3)[C@@H]3C4CCN(CC4)[C@H]23)cc1. The Morgan fingerprint density at radius 2 is 1.86 bits per heavy atom. The van der Waals surface area contributed by atoms with Gasteiger partial charge in [0.2, 0.25) is 0 Å². The third kappa shape index (κ3) is 2.64. The zero-order valence-electron chi connectivity index (χ0n) is 16.7. The molecule has 7 rings (SSSR count). The van der Waals surface area contributed by atoms with Crippen molar-refractivity contribution in [2.24, 2.45) is 5.92 Å². The van der Waals surface area contributed by atoms with Crippen LogP contribution in [-0.2, 0) is 0 Å². The third-order valence-electron chi connectivity index (χ3n) is 7.43. The molecular weight excluding hydrogens is 360 g/mol. The average molecular weight is 386 g/mol. The summed E-state index contributed by atoms with van der Waals surface area (Å²) in [6, 6.07) is 15.6. The van der Waals surface area contributed by atoms with Gasteiger partial charge in [-0.15, -0.1) is 0 Å². The van der Waals surface area contributed by atoms with Crippen LogP contribution >= 0.6 is 0 Å². The summed E-state index contributed by atoms with van der Waals surface area (Å²) in [5, 5.41) is 0. The van der Waals surface area contributed by atoms with Crippen molar-refractivity contribution in [2.75, 3.05) is 19.6 Å². The first kappa shape index (κ1) is 17.2. The van der Waals surface area contributed by atoms with Crippen LogP contribution in [0, 0.1) is 12.8 Å². The second-order valence-corrected chi connectivity index (χ2v) is 8.96. The lowest BCUT2D eigenvalue weighted by Crippen LogP contribution is -2.60. The zero-order chi connectivity index (χ0) is 19.5. The maximum atomic E-state index is 13.6. The number of aromatic nitrogens is 2. The highest BCUT2D eigenvalue weighted by molar-refractivity contribution is 5.97. The van der Waals surface area contributed by atoms with Crippen LogP contribution in [0.4, 0.5) is 0 Å². The number of carbonyl (C=O) groups excluding carboxylic acids is 1. The van der Waals surface area contributed by atoms with E-state index in [0.29, 0.717) is 23.9 Å². The minimum absolute atomic E-state index is 0.167. The van der Waals surface area contributed by atoms with E-state index in [1.807, 2.05) is 18.2 Å². The van der Waals surface area contributed by atoms with E-state index < -0.39 is 0 Å². The minimum atomic E-state index is 0.167. The summed E-state index contributed by atoms with van der Waals surface area (Å²) < 4.78 is 0. The lowest BCUT2D eigenvalue weighted by Gasteiger charge is -2.51. The van der Waals surface area contributed by atoms with Crippen LogP contribution in [0.5, 0.6) is 0 Å². The van der Waals surface area contributed by atoms with Crippen LogP contribution in [0.3, 0.4) is 0 Å². The Labute approximate surface area is 170 Å². The minimum Gasteiger partial charge on any atom is -0.345 e. The number of fused-ring (bicyclic) bond motifs is 3. The van der Waals surface area contributed by atoms with E-state index in [-0.39, 0.29) is 5.91 Å². The van der Waals surface area contributed by atoms with Crippen molar-refractivity contribution in [3.63, 3.8) is 0 Å². The van der Waals surface area contributed by atoms with Crippen molar-refractivity contribution in [1.29, 1.82) is 0 Å². The molecule has 0 aliphatic carbocycles. The standard InChI is InChI=1S/C24H26N4O/c1-15-2-4-16(5-3-15)19-13-28(22-17-8-10-27(11-9-17)23(19)22)24(29)18-6-7-20-21(12-18)26-14-25-20/h2-7,12,14,17,19,22-23H,8-11,13H2,1H3,(H,25,26)/t19-,22-,23-/m1/s1. The summed E-state index contributed by atoms with van der Waals surface area (Å²) >= 11 is 0. The molecule has 3 aromatic rings. The number of aryl methyl sites for hydroxylation is 1. The van der Waals surface area contributed by atoms with Crippen molar-refractivity contribution in [2.45, 2.75) is 37.8 Å². The fourth-order valence-electron chi connectivity index (χ4n) is 6.00. The Morgan fingerprint density at radius 3 is 2.66 bits per heavy atom. The first-order valence-corrected chi connectivity index (χ1v) is 10.7. The molecule has 0 saturated carbocycles. The molecule has 5 heterocycles. The number of amides is 1. The van der Waals surface area contributed by atoms with Crippen LogP contribution in [0.25, 0.3) is 11.0 Å². The summed E-state index contributed by atoms with van der Waals surface area (Å²) in [7, 11) is 0. The number of imidazole rings is 1. The quantitative estimate of drug-likeness (QED) is 0.733. The summed E-state index contributed by atoms with van der Waals surface area (Å²) in [6.45, 7) is 5.30. The molecule has 4 aliphatic rings. The Balaban J connectivity index is 1.38. The predicted molar refractivity (Wildman–Crippen MR) is 113 cm³/mol. The Bertz CT molecular complexity index is 1060. The second kappa shape index (κ2) is 6.42. The number of piperidine rings is 3. The summed E-state index contributed by atoms with van der Waals surface area (Å²) in [6.07, 6.45) is 4.11. The number of benzene rings is 2. The van der Waals surface area contributed by atoms with Gasteiger partial charge in [0, 0.05) is 24.1 Å². The van der Waals surface area contributed by atoms with Gasteiger partial charge in [-0.3, -0.25) is 9.69 Å². The molecule has 0 radical (unpaired) electrons. The largest absolute Gasteiger partial charge is 0.345 e. The topological polar surface area (TPSA) is 52.2 Å². The van der Waals surface area contributed by atoms with Crippen molar-refractivity contribution in [3.05, 3.63) is 65.5 Å². The first-order chi connectivity index (χ1) is 14.2. The molecule has 4 fully saturated rings. The van der Waals surface area contributed by atoms with Gasteiger partial charge in [0.05, 0.1) is 23.4 Å². The van der Waals surface area contributed by atoms with Crippen LogP contribution in [0.15, 0.2) is 48.8 Å². The van der Waals surface area contributed by atoms with E-state index in [2.05, 4.69) is 51.0 Å². The summed E-state index contributed by atoms with van der Waals surface area (Å²) in [5.41, 5.74) is 5.25. The molecule has 5 heteroatoms. The number of rotatable bonds is 2. The van der Waals surface area contributed by atoms with E-state index >= 15 is 0 Å². The Hall–Kier alpha value is -2.66. The van der Waals surface area contributed by atoms with E-state index in [4.69, 9.17) is 0 Å². The Kier molecular flexibility index (Phi) is 3.81. The van der Waals surface area contributed by atoms with E-state index in [1.165, 1.54) is 37.1 Å². The lowest BCUT2D eigenvalue weighted by molar-refractivity contribution is -0.00340. The van der Waals surface area contributed by atoms with E-state index in [1.54, 1.807) is 6.33 Å². The zero-order valence-corrected chi connectivity index (χ0v) is 16.7. The van der Waals surface area contributed by atoms with Gasteiger partial charge in [-0.05, 0) is 62.5 Å². The van der Waals surface area contributed by atoms with E-state index in [0.717, 1.165) is 23.1 Å². The fourth-order valence-corrected chi connectivity index (χ4v) is 6.00. The monoisotopic (exact) mass is 386 g/mol. The van der Waals surface area contributed by atoms with Gasteiger partial charge in [0.1, 0.15) is 0 Å². The van der Waals surface area contributed by atoms with Crippen LogP contribution in [0.1, 0.15) is 40.2 Å². The molecule has 2 aromatic carbocycles. The molecule has 3 atom stereocenters. The van der Waals surface area contributed by atoms with Crippen LogP contribution in [-0.4, -0.2) is 57.4 Å². The highest BCUT2D eigenvalue weighted by atomic mass is 16.2. The van der Waals surface area contributed by atoms with Crippen molar-refractivity contribution < 1.29 is 4.79 Å². The number of carbonyl (C=O) groups is 1. The van der Waals surface area contributed by atoms with Gasteiger partial charge in [0.15, 0.2) is 0 Å². The van der Waals surface area contributed by atoms with Crippen molar-refractivity contribution >= 4 is 16.9 Å². The number of likely N-dealkylation sites (tertiary alicyclic amines) is 1. The molecule has 5 nitrogen and oxygen atoms in total. The van der Waals surface area contributed by atoms with Crippen molar-refractivity contribution in [3.8, 4) is 0 Å². The molecular formula is C24H26N4O. The first-order valence-electron chi connectivity index (χ1n) is 10.7. The predicted octanol–water partition coefficient (Wildman–Crippen LogP) is 3.57. The maximum absolute atomic E-state index is 13.6. The van der Waals surface area contributed by atoms with Gasteiger partial charge in [0.25, 0.3) is 5.91 Å². The normalized spacial score (nSPS) is 30.7. The van der Waals surface area contributed by atoms with Crippen LogP contribution < -0.4 is 0 Å². The van der Waals surface area contributed by atoms with Gasteiger partial charge < -0.3 is 9.88 Å². The van der Waals surface area contributed by atoms with Gasteiger partial charge in [-0.1, -0.05) is 29.8 Å². The number of H-pyrrole nitrogens is 1. The molecule has 1 amide bonds. The summed E-state index contributed by atoms with van der Waals surface area (Å²) in [5.74, 6) is 1.18. The molecule has 4 saturated heterocycles. The maximum Gasteiger partial charge on any atom is 0.254 e. The number of aromatic amines is 1. The number of hydrogen-bond acceptors (Lipinski definition) is 3. The summed E-state index contributed by atoms with van der Waals surface area (Å²) in [4.78, 5) is 25.9. The molecule has 148 valence electrons. The fraction of sp³-hybridized carbons (Fsp3) is 0.417. The molecule has 29 heavy (non-hydrogen) atoms. The molecule has 4 aliphatic heterocycles. The van der Waals surface area contributed by atoms with Gasteiger partial charge in [-0.25, -0.2) is 4.98 Å². The smallest absolute Gasteiger partial charge is 0.254 e. The van der Waals surface area contributed by atoms with Crippen molar-refractivity contribution in [1.82, 2.24) is 19.8 Å². The molecule has 0 spiro atoms. The molecule has 1 N–H and O–H groups in total. The number of hydrogen-bond donors (Lipinski definition) is 1. The third-order valence-corrected chi connectivity index (χ3v) is 7.43. The van der Waals surface area contributed by atoms with Gasteiger partial charge >= 0.3 is 0 Å². The second-order valence-electron chi connectivity index (χ2n) is 8.96. The molecule has 1 aromatic heterocycles.